The molecule has 0 unspecified atom stereocenters. The van der Waals surface area contributed by atoms with Crippen molar-refractivity contribution < 1.29 is 22.7 Å². The maximum atomic E-state index is 12.9. The van der Waals surface area contributed by atoms with E-state index in [0.717, 1.165) is 5.56 Å². The number of esters is 1. The fourth-order valence-corrected chi connectivity index (χ4v) is 4.23. The molecule has 0 fully saturated rings. The van der Waals surface area contributed by atoms with Crippen molar-refractivity contribution in [1.29, 1.82) is 0 Å². The highest BCUT2D eigenvalue weighted by molar-refractivity contribution is 7.92. The fourth-order valence-electron chi connectivity index (χ4n) is 2.82. The van der Waals surface area contributed by atoms with Crippen LogP contribution >= 0.6 is 0 Å². The number of anilines is 1. The maximum Gasteiger partial charge on any atom is 0.340 e. The van der Waals surface area contributed by atoms with Crippen LogP contribution in [-0.4, -0.2) is 44.9 Å². The second-order valence-electron chi connectivity index (χ2n) is 6.56. The van der Waals surface area contributed by atoms with Crippen molar-refractivity contribution >= 4 is 27.6 Å². The van der Waals surface area contributed by atoms with Crippen LogP contribution in [0.15, 0.2) is 47.4 Å². The monoisotopic (exact) mass is 418 g/mol. The Morgan fingerprint density at radius 2 is 1.69 bits per heavy atom. The zero-order valence-corrected chi connectivity index (χ0v) is 17.9. The second-order valence-corrected chi connectivity index (χ2v) is 8.21. The molecule has 0 heterocycles. The minimum Gasteiger partial charge on any atom is -0.452 e. The van der Waals surface area contributed by atoms with Gasteiger partial charge < -0.3 is 9.64 Å². The lowest BCUT2D eigenvalue weighted by Crippen LogP contribution is -2.34. The average Bonchev–Trinajstić information content (AvgIpc) is 2.69. The van der Waals surface area contributed by atoms with Crippen LogP contribution in [-0.2, 0) is 19.6 Å². The molecule has 1 amide bonds. The molecule has 2 rings (SSSR count). The Morgan fingerprint density at radius 1 is 1.03 bits per heavy atom. The third-order valence-electron chi connectivity index (χ3n) is 4.47. The zero-order chi connectivity index (χ0) is 21.6. The number of para-hydroxylation sites is 1. The lowest BCUT2D eigenvalue weighted by atomic mass is 10.2. The molecular weight excluding hydrogens is 392 g/mol. The normalized spacial score (nSPS) is 11.0. The van der Waals surface area contributed by atoms with E-state index in [0.29, 0.717) is 18.7 Å². The Bertz CT molecular complexity index is 998. The van der Waals surface area contributed by atoms with Gasteiger partial charge in [-0.25, -0.2) is 13.2 Å². The highest BCUT2D eigenvalue weighted by Gasteiger charge is 2.22. The van der Waals surface area contributed by atoms with E-state index in [4.69, 9.17) is 4.74 Å². The number of carbonyl (C=O) groups excluding carboxylic acids is 2. The molecule has 0 aromatic heterocycles. The Balaban J connectivity index is 2.23. The molecule has 0 aliphatic heterocycles. The molecular formula is C21H26N2O5S. The Labute approximate surface area is 171 Å². The van der Waals surface area contributed by atoms with Gasteiger partial charge in [0.1, 0.15) is 0 Å². The number of rotatable bonds is 8. The van der Waals surface area contributed by atoms with Gasteiger partial charge in [-0.2, -0.15) is 0 Å². The fraction of sp³-hybridized carbons (Fsp3) is 0.333. The van der Waals surface area contributed by atoms with Gasteiger partial charge in [0.05, 0.1) is 16.1 Å². The summed E-state index contributed by atoms with van der Waals surface area (Å²) in [6.07, 6.45) is 0. The number of nitrogens with one attached hydrogen (secondary N) is 1. The van der Waals surface area contributed by atoms with Crippen molar-refractivity contribution in [1.82, 2.24) is 4.90 Å². The van der Waals surface area contributed by atoms with Gasteiger partial charge in [-0.15, -0.1) is 0 Å². The molecule has 0 saturated heterocycles. The molecule has 0 aliphatic carbocycles. The highest BCUT2D eigenvalue weighted by Crippen LogP contribution is 2.23. The predicted molar refractivity (Wildman–Crippen MR) is 111 cm³/mol. The van der Waals surface area contributed by atoms with Crippen LogP contribution in [0.1, 0.15) is 35.3 Å². The molecule has 8 heteroatoms. The number of likely N-dealkylation sites (N-methyl/N-ethyl adjacent to an activating group) is 1. The SMILES string of the molecule is CCN(CC)C(=O)COC(=O)c1ccccc1NS(=O)(=O)c1cc(C)ccc1C. The van der Waals surface area contributed by atoms with Gasteiger partial charge >= 0.3 is 5.97 Å². The summed E-state index contributed by atoms with van der Waals surface area (Å²) in [6.45, 7) is 7.79. The summed E-state index contributed by atoms with van der Waals surface area (Å²) < 4.78 is 33.3. The molecule has 0 spiro atoms. The van der Waals surface area contributed by atoms with Crippen molar-refractivity contribution in [3.8, 4) is 0 Å². The van der Waals surface area contributed by atoms with Gasteiger partial charge in [0.2, 0.25) is 0 Å². The number of hydrogen-bond acceptors (Lipinski definition) is 5. The number of carbonyl (C=O) groups is 2. The molecule has 0 saturated carbocycles. The summed E-state index contributed by atoms with van der Waals surface area (Å²) in [5, 5.41) is 0. The topological polar surface area (TPSA) is 92.8 Å². The molecule has 29 heavy (non-hydrogen) atoms. The molecule has 0 bridgehead atoms. The van der Waals surface area contributed by atoms with Gasteiger partial charge in [0.15, 0.2) is 6.61 Å². The molecule has 0 atom stereocenters. The van der Waals surface area contributed by atoms with Crippen molar-refractivity contribution in [2.45, 2.75) is 32.6 Å². The third-order valence-corrected chi connectivity index (χ3v) is 5.97. The number of ether oxygens (including phenoxy) is 1. The standard InChI is InChI=1S/C21H26N2O5S/c1-5-23(6-2)20(24)14-28-21(25)17-9-7-8-10-18(17)22-29(26,27)19-13-15(3)11-12-16(19)4/h7-13,22H,5-6,14H2,1-4H3. The van der Waals surface area contributed by atoms with Gasteiger partial charge in [-0.05, 0) is 57.0 Å². The summed E-state index contributed by atoms with van der Waals surface area (Å²) in [5.74, 6) is -1.08. The van der Waals surface area contributed by atoms with E-state index in [2.05, 4.69) is 4.72 Å². The molecule has 7 nitrogen and oxygen atoms in total. The Hall–Kier alpha value is -2.87. The van der Waals surface area contributed by atoms with Crippen molar-refractivity contribution in [3.05, 3.63) is 59.2 Å². The molecule has 2 aromatic carbocycles. The Morgan fingerprint density at radius 3 is 2.34 bits per heavy atom. The van der Waals surface area contributed by atoms with E-state index in [1.165, 1.54) is 12.1 Å². The molecule has 0 aliphatic rings. The summed E-state index contributed by atoms with van der Waals surface area (Å²) >= 11 is 0. The van der Waals surface area contributed by atoms with Gasteiger partial charge in [0.25, 0.3) is 15.9 Å². The molecule has 156 valence electrons. The van der Waals surface area contributed by atoms with Crippen LogP contribution in [0.25, 0.3) is 0 Å². The van der Waals surface area contributed by atoms with Crippen LogP contribution < -0.4 is 4.72 Å². The predicted octanol–water partition coefficient (Wildman–Crippen LogP) is 3.13. The first-order valence-corrected chi connectivity index (χ1v) is 10.8. The number of sulfonamides is 1. The number of aryl methyl sites for hydroxylation is 2. The smallest absolute Gasteiger partial charge is 0.340 e. The van der Waals surface area contributed by atoms with Gasteiger partial charge in [-0.1, -0.05) is 24.3 Å². The van der Waals surface area contributed by atoms with Crippen LogP contribution in [0.2, 0.25) is 0 Å². The van der Waals surface area contributed by atoms with Crippen LogP contribution in [0.3, 0.4) is 0 Å². The van der Waals surface area contributed by atoms with Crippen LogP contribution in [0, 0.1) is 13.8 Å². The highest BCUT2D eigenvalue weighted by atomic mass is 32.2. The average molecular weight is 419 g/mol. The molecule has 2 aromatic rings. The first kappa shape index (κ1) is 22.4. The van der Waals surface area contributed by atoms with E-state index in [-0.39, 0.29) is 22.1 Å². The summed E-state index contributed by atoms with van der Waals surface area (Å²) in [6, 6.07) is 11.3. The largest absolute Gasteiger partial charge is 0.452 e. The first-order chi connectivity index (χ1) is 13.7. The summed E-state index contributed by atoms with van der Waals surface area (Å²) in [5.41, 5.74) is 1.52. The van der Waals surface area contributed by atoms with E-state index >= 15 is 0 Å². The molecule has 0 radical (unpaired) electrons. The van der Waals surface area contributed by atoms with Crippen molar-refractivity contribution in [2.75, 3.05) is 24.4 Å². The quantitative estimate of drug-likeness (QED) is 0.665. The molecule has 1 N–H and O–H groups in total. The first-order valence-electron chi connectivity index (χ1n) is 9.33. The van der Waals surface area contributed by atoms with E-state index in [1.807, 2.05) is 19.9 Å². The van der Waals surface area contributed by atoms with E-state index < -0.39 is 22.6 Å². The Kier molecular flexibility index (Phi) is 7.39. The van der Waals surface area contributed by atoms with Crippen molar-refractivity contribution in [3.63, 3.8) is 0 Å². The summed E-state index contributed by atoms with van der Waals surface area (Å²) in [7, 11) is -3.91. The zero-order valence-electron chi connectivity index (χ0n) is 17.1. The minimum absolute atomic E-state index is 0.0359. The minimum atomic E-state index is -3.91. The lowest BCUT2D eigenvalue weighted by molar-refractivity contribution is -0.134. The lowest BCUT2D eigenvalue weighted by Gasteiger charge is -2.18. The number of hydrogen-bond donors (Lipinski definition) is 1. The van der Waals surface area contributed by atoms with Crippen molar-refractivity contribution in [2.24, 2.45) is 0 Å². The van der Waals surface area contributed by atoms with Crippen LogP contribution in [0.4, 0.5) is 5.69 Å². The van der Waals surface area contributed by atoms with Gasteiger partial charge in [-0.3, -0.25) is 9.52 Å². The third kappa shape index (κ3) is 5.57. The van der Waals surface area contributed by atoms with Gasteiger partial charge in [0, 0.05) is 13.1 Å². The number of benzene rings is 2. The van der Waals surface area contributed by atoms with E-state index in [1.54, 1.807) is 43.0 Å². The van der Waals surface area contributed by atoms with E-state index in [9.17, 15) is 18.0 Å². The summed E-state index contributed by atoms with van der Waals surface area (Å²) in [4.78, 5) is 26.2. The van der Waals surface area contributed by atoms with Crippen LogP contribution in [0.5, 0.6) is 0 Å². The number of amides is 1. The number of nitrogens with zero attached hydrogens (tertiary/aromatic N) is 1. The second kappa shape index (κ2) is 9.56. The maximum absolute atomic E-state index is 12.9.